The minimum atomic E-state index is 0.692. The monoisotopic (exact) mass is 222 g/mol. The molecule has 0 unspecified atom stereocenters. The molecule has 14 heavy (non-hydrogen) atoms. The highest BCUT2D eigenvalue weighted by Gasteiger charge is 1.94. The van der Waals surface area contributed by atoms with Crippen molar-refractivity contribution in [2.45, 2.75) is 6.42 Å². The minimum Gasteiger partial charge on any atom is -0.144 e. The molecule has 0 amide bonds. The number of allylic oxidation sites excluding steroid dienone is 1. The molecule has 1 aromatic carbocycles. The van der Waals surface area contributed by atoms with Gasteiger partial charge in [0.1, 0.15) is 0 Å². The van der Waals surface area contributed by atoms with Crippen LogP contribution in [0.1, 0.15) is 12.0 Å². The van der Waals surface area contributed by atoms with Gasteiger partial charge in [0, 0.05) is 10.6 Å². The summed E-state index contributed by atoms with van der Waals surface area (Å²) in [6, 6.07) is 8.66. The Balaban J connectivity index is 2.25. The fraction of sp³-hybridized carbons (Fsp3) is 0.167. The summed E-state index contributed by atoms with van der Waals surface area (Å²) >= 11 is 7.38. The standard InChI is InChI=1S/C12H11ClS/c13-7-2-1-3-10-4-5-11-6-8-14-12(11)9-10/h1,3-6,8-9H,2,7H2. The highest BCUT2D eigenvalue weighted by atomic mass is 35.5. The van der Waals surface area contributed by atoms with E-state index in [1.165, 1.54) is 15.6 Å². The summed E-state index contributed by atoms with van der Waals surface area (Å²) in [5, 5.41) is 3.45. The van der Waals surface area contributed by atoms with Gasteiger partial charge in [-0.15, -0.1) is 22.9 Å². The second-order valence-electron chi connectivity index (χ2n) is 3.10. The predicted octanol–water partition coefficient (Wildman–Crippen LogP) is 4.54. The third kappa shape index (κ3) is 2.17. The van der Waals surface area contributed by atoms with E-state index in [9.17, 15) is 0 Å². The van der Waals surface area contributed by atoms with Crippen molar-refractivity contribution >= 4 is 39.1 Å². The summed E-state index contributed by atoms with van der Waals surface area (Å²) < 4.78 is 1.35. The Labute approximate surface area is 92.8 Å². The van der Waals surface area contributed by atoms with Crippen LogP contribution in [0.15, 0.2) is 35.7 Å². The van der Waals surface area contributed by atoms with Crippen LogP contribution in [-0.2, 0) is 0 Å². The summed E-state index contributed by atoms with van der Waals surface area (Å²) in [4.78, 5) is 0. The van der Waals surface area contributed by atoms with E-state index in [4.69, 9.17) is 11.6 Å². The van der Waals surface area contributed by atoms with E-state index in [1.807, 2.05) is 0 Å². The topological polar surface area (TPSA) is 0 Å². The zero-order valence-electron chi connectivity index (χ0n) is 7.74. The van der Waals surface area contributed by atoms with Gasteiger partial charge in [-0.2, -0.15) is 0 Å². The van der Waals surface area contributed by atoms with Gasteiger partial charge in [0.15, 0.2) is 0 Å². The smallest absolute Gasteiger partial charge is 0.0348 e. The Bertz CT molecular complexity index is 442. The molecule has 0 saturated heterocycles. The number of benzene rings is 1. The van der Waals surface area contributed by atoms with Crippen LogP contribution in [0.5, 0.6) is 0 Å². The molecule has 2 rings (SSSR count). The quantitative estimate of drug-likeness (QED) is 0.669. The first-order chi connectivity index (χ1) is 6.90. The number of hydrogen-bond donors (Lipinski definition) is 0. The molecule has 0 aliphatic carbocycles. The van der Waals surface area contributed by atoms with E-state index in [-0.39, 0.29) is 0 Å². The van der Waals surface area contributed by atoms with Crippen LogP contribution in [-0.4, -0.2) is 5.88 Å². The molecule has 0 fully saturated rings. The van der Waals surface area contributed by atoms with E-state index in [2.05, 4.69) is 41.8 Å². The average molecular weight is 223 g/mol. The lowest BCUT2D eigenvalue weighted by molar-refractivity contribution is 1.24. The number of hydrogen-bond acceptors (Lipinski definition) is 1. The molecule has 2 heteroatoms. The van der Waals surface area contributed by atoms with Gasteiger partial charge in [-0.3, -0.25) is 0 Å². The van der Waals surface area contributed by atoms with Gasteiger partial charge in [0.2, 0.25) is 0 Å². The average Bonchev–Trinajstić information content (AvgIpc) is 2.65. The summed E-state index contributed by atoms with van der Waals surface area (Å²) in [6.07, 6.45) is 5.17. The molecule has 0 radical (unpaired) electrons. The van der Waals surface area contributed by atoms with Crippen molar-refractivity contribution in [1.82, 2.24) is 0 Å². The Kier molecular flexibility index (Phi) is 3.22. The molecule has 1 aromatic heterocycles. The molecule has 0 aliphatic heterocycles. The molecule has 72 valence electrons. The molecule has 0 bridgehead atoms. The fourth-order valence-electron chi connectivity index (χ4n) is 1.36. The molecular weight excluding hydrogens is 212 g/mol. The number of thiophene rings is 1. The number of alkyl halides is 1. The zero-order chi connectivity index (χ0) is 9.80. The maximum absolute atomic E-state index is 5.60. The minimum absolute atomic E-state index is 0.692. The van der Waals surface area contributed by atoms with Crippen molar-refractivity contribution in [2.75, 3.05) is 5.88 Å². The maximum Gasteiger partial charge on any atom is 0.0348 e. The van der Waals surface area contributed by atoms with Crippen LogP contribution >= 0.6 is 22.9 Å². The summed E-state index contributed by atoms with van der Waals surface area (Å²) in [5.74, 6) is 0.692. The molecule has 0 aliphatic rings. The Morgan fingerprint density at radius 3 is 3.07 bits per heavy atom. The third-order valence-electron chi connectivity index (χ3n) is 2.07. The lowest BCUT2D eigenvalue weighted by Gasteiger charge is -1.93. The van der Waals surface area contributed by atoms with Gasteiger partial charge in [0.05, 0.1) is 0 Å². The van der Waals surface area contributed by atoms with Gasteiger partial charge in [-0.25, -0.2) is 0 Å². The van der Waals surface area contributed by atoms with Crippen LogP contribution in [0.4, 0.5) is 0 Å². The van der Waals surface area contributed by atoms with Gasteiger partial charge in [-0.05, 0) is 34.9 Å². The van der Waals surface area contributed by atoms with E-state index < -0.39 is 0 Å². The molecule has 1 heterocycles. The summed E-state index contributed by atoms with van der Waals surface area (Å²) in [5.41, 5.74) is 1.25. The Hall–Kier alpha value is -0.790. The third-order valence-corrected chi connectivity index (χ3v) is 3.16. The van der Waals surface area contributed by atoms with Crippen LogP contribution < -0.4 is 0 Å². The van der Waals surface area contributed by atoms with E-state index in [0.717, 1.165) is 6.42 Å². The number of halogens is 1. The van der Waals surface area contributed by atoms with Crippen molar-refractivity contribution < 1.29 is 0 Å². The van der Waals surface area contributed by atoms with Gasteiger partial charge in [-0.1, -0.05) is 24.3 Å². The van der Waals surface area contributed by atoms with Crippen molar-refractivity contribution in [1.29, 1.82) is 0 Å². The summed E-state index contributed by atoms with van der Waals surface area (Å²) in [6.45, 7) is 0. The first kappa shape index (κ1) is 9.75. The highest BCUT2D eigenvalue weighted by molar-refractivity contribution is 7.17. The van der Waals surface area contributed by atoms with E-state index in [1.54, 1.807) is 11.3 Å². The molecule has 0 saturated carbocycles. The van der Waals surface area contributed by atoms with Crippen LogP contribution in [0.3, 0.4) is 0 Å². The van der Waals surface area contributed by atoms with Crippen LogP contribution in [0.2, 0.25) is 0 Å². The van der Waals surface area contributed by atoms with Crippen molar-refractivity contribution in [2.24, 2.45) is 0 Å². The van der Waals surface area contributed by atoms with Crippen molar-refractivity contribution in [3.05, 3.63) is 41.3 Å². The lowest BCUT2D eigenvalue weighted by atomic mass is 10.1. The first-order valence-corrected chi connectivity index (χ1v) is 6.01. The van der Waals surface area contributed by atoms with E-state index in [0.29, 0.717) is 5.88 Å². The van der Waals surface area contributed by atoms with Crippen molar-refractivity contribution in [3.8, 4) is 0 Å². The Morgan fingerprint density at radius 2 is 2.21 bits per heavy atom. The normalized spacial score (nSPS) is 11.5. The second kappa shape index (κ2) is 4.63. The summed E-state index contributed by atoms with van der Waals surface area (Å²) in [7, 11) is 0. The zero-order valence-corrected chi connectivity index (χ0v) is 9.31. The van der Waals surface area contributed by atoms with Crippen LogP contribution in [0, 0.1) is 0 Å². The predicted molar refractivity (Wildman–Crippen MR) is 66.2 cm³/mol. The maximum atomic E-state index is 5.60. The number of rotatable bonds is 3. The molecule has 0 atom stereocenters. The van der Waals surface area contributed by atoms with Crippen LogP contribution in [0.25, 0.3) is 16.2 Å². The number of fused-ring (bicyclic) bond motifs is 1. The van der Waals surface area contributed by atoms with Gasteiger partial charge < -0.3 is 0 Å². The second-order valence-corrected chi connectivity index (χ2v) is 4.42. The molecule has 0 spiro atoms. The largest absolute Gasteiger partial charge is 0.144 e. The van der Waals surface area contributed by atoms with E-state index >= 15 is 0 Å². The molecular formula is C12H11ClS. The Morgan fingerprint density at radius 1 is 1.29 bits per heavy atom. The first-order valence-electron chi connectivity index (χ1n) is 4.60. The van der Waals surface area contributed by atoms with Gasteiger partial charge in [0.25, 0.3) is 0 Å². The fourth-order valence-corrected chi connectivity index (χ4v) is 2.32. The molecule has 0 N–H and O–H groups in total. The van der Waals surface area contributed by atoms with Gasteiger partial charge >= 0.3 is 0 Å². The molecule has 0 nitrogen and oxygen atoms in total. The lowest BCUT2D eigenvalue weighted by Crippen LogP contribution is -1.71. The highest BCUT2D eigenvalue weighted by Crippen LogP contribution is 2.22. The van der Waals surface area contributed by atoms with Crippen molar-refractivity contribution in [3.63, 3.8) is 0 Å². The SMILES string of the molecule is ClCCC=Cc1ccc2ccsc2c1. The molecule has 2 aromatic rings.